The fourth-order valence-electron chi connectivity index (χ4n) is 3.41. The number of ketones is 2. The van der Waals surface area contributed by atoms with Crippen molar-refractivity contribution in [2.45, 2.75) is 26.2 Å². The van der Waals surface area contributed by atoms with Gasteiger partial charge in [-0.1, -0.05) is 51.1 Å². The molecule has 1 aliphatic rings. The largest absolute Gasteiger partial charge is 0.306 e. The fourth-order valence-corrected chi connectivity index (χ4v) is 3.41. The Labute approximate surface area is 146 Å². The highest BCUT2D eigenvalue weighted by Gasteiger charge is 2.28. The summed E-state index contributed by atoms with van der Waals surface area (Å²) in [4.78, 5) is 25.0. The van der Waals surface area contributed by atoms with E-state index in [2.05, 4.69) is 32.9 Å². The van der Waals surface area contributed by atoms with Crippen LogP contribution in [0, 0.1) is 0 Å². The van der Waals surface area contributed by atoms with Gasteiger partial charge in [0.25, 0.3) is 0 Å². The summed E-state index contributed by atoms with van der Waals surface area (Å²) in [5, 5.41) is 0.820. The molecule has 124 valence electrons. The summed E-state index contributed by atoms with van der Waals surface area (Å²) in [6.07, 6.45) is 2.73. The molecule has 4 rings (SSSR count). The van der Waals surface area contributed by atoms with Gasteiger partial charge in [0, 0.05) is 11.1 Å². The second-order valence-corrected chi connectivity index (χ2v) is 7.43. The zero-order valence-corrected chi connectivity index (χ0v) is 14.5. The van der Waals surface area contributed by atoms with Crippen LogP contribution in [0.1, 0.15) is 47.2 Å². The Bertz CT molecular complexity index is 1040. The van der Waals surface area contributed by atoms with Crippen molar-refractivity contribution < 1.29 is 9.59 Å². The van der Waals surface area contributed by atoms with Crippen molar-refractivity contribution in [3.63, 3.8) is 0 Å². The molecule has 1 aliphatic carbocycles. The minimum Gasteiger partial charge on any atom is -0.306 e. The van der Waals surface area contributed by atoms with Crippen LogP contribution in [0.2, 0.25) is 0 Å². The van der Waals surface area contributed by atoms with Crippen LogP contribution >= 0.6 is 0 Å². The van der Waals surface area contributed by atoms with Gasteiger partial charge < -0.3 is 4.57 Å². The number of hydrogen-bond acceptors (Lipinski definition) is 2. The molecular weight excluding hydrogens is 310 g/mol. The summed E-state index contributed by atoms with van der Waals surface area (Å²) < 4.78 is 1.90. The van der Waals surface area contributed by atoms with Gasteiger partial charge in [-0.05, 0) is 41.3 Å². The summed E-state index contributed by atoms with van der Waals surface area (Å²) in [7, 11) is 0. The number of carbonyl (C=O) groups excluding carboxylic acids is 2. The van der Waals surface area contributed by atoms with Crippen molar-refractivity contribution in [1.29, 1.82) is 0 Å². The normalized spacial score (nSPS) is 14.2. The maximum absolute atomic E-state index is 12.6. The summed E-state index contributed by atoms with van der Waals surface area (Å²) in [5.41, 5.74) is 4.01. The lowest BCUT2D eigenvalue weighted by molar-refractivity contribution is 0.0991. The molecule has 1 aromatic heterocycles. The standard InChI is InChI=1S/C22H19NO2/c1-22(2,3)14-8-10-15(11-9-14)23-17-7-5-4-6-16(17)20-18(24)12-13-19(25)21(20)23/h4-13H,1-3H3. The van der Waals surface area contributed by atoms with Crippen molar-refractivity contribution in [2.24, 2.45) is 0 Å². The second-order valence-electron chi connectivity index (χ2n) is 7.43. The predicted octanol–water partition coefficient (Wildman–Crippen LogP) is 4.86. The number of carbonyl (C=O) groups is 2. The van der Waals surface area contributed by atoms with Crippen molar-refractivity contribution in [3.05, 3.63) is 77.5 Å². The molecule has 0 spiro atoms. The van der Waals surface area contributed by atoms with Gasteiger partial charge in [0.2, 0.25) is 5.78 Å². The number of para-hydroxylation sites is 1. The highest BCUT2D eigenvalue weighted by atomic mass is 16.1. The van der Waals surface area contributed by atoms with E-state index in [0.29, 0.717) is 11.3 Å². The molecule has 0 saturated heterocycles. The summed E-state index contributed by atoms with van der Waals surface area (Å²) in [5.74, 6) is -0.249. The average molecular weight is 329 g/mol. The summed E-state index contributed by atoms with van der Waals surface area (Å²) >= 11 is 0. The molecule has 0 unspecified atom stereocenters. The first-order valence-electron chi connectivity index (χ1n) is 8.39. The van der Waals surface area contributed by atoms with Gasteiger partial charge in [-0.25, -0.2) is 0 Å². The van der Waals surface area contributed by atoms with Crippen LogP contribution in [0.3, 0.4) is 0 Å². The van der Waals surface area contributed by atoms with E-state index in [9.17, 15) is 9.59 Å². The molecule has 0 amide bonds. The van der Waals surface area contributed by atoms with Crippen LogP contribution in [0.5, 0.6) is 0 Å². The van der Waals surface area contributed by atoms with E-state index in [0.717, 1.165) is 16.6 Å². The molecular formula is C22H19NO2. The Morgan fingerprint density at radius 2 is 1.44 bits per heavy atom. The lowest BCUT2D eigenvalue weighted by atomic mass is 9.87. The summed E-state index contributed by atoms with van der Waals surface area (Å²) in [6, 6.07) is 15.9. The molecule has 0 N–H and O–H groups in total. The van der Waals surface area contributed by atoms with Crippen molar-refractivity contribution in [1.82, 2.24) is 4.57 Å². The highest BCUT2D eigenvalue weighted by molar-refractivity contribution is 6.27. The van der Waals surface area contributed by atoms with Crippen LogP contribution in [0.15, 0.2) is 60.7 Å². The molecule has 3 nitrogen and oxygen atoms in total. The van der Waals surface area contributed by atoms with Crippen molar-refractivity contribution in [3.8, 4) is 5.69 Å². The molecule has 1 heterocycles. The minimum atomic E-state index is -0.134. The van der Waals surface area contributed by atoms with E-state index in [4.69, 9.17) is 0 Å². The Morgan fingerprint density at radius 3 is 2.12 bits per heavy atom. The van der Waals surface area contributed by atoms with Crippen LogP contribution in [-0.4, -0.2) is 16.1 Å². The molecule has 0 atom stereocenters. The highest BCUT2D eigenvalue weighted by Crippen LogP contribution is 2.33. The SMILES string of the molecule is CC(C)(C)c1ccc(-n2c3c(c4ccccc42)C(=O)C=CC3=O)cc1. The van der Waals surface area contributed by atoms with Gasteiger partial charge in [0.15, 0.2) is 5.78 Å². The smallest absolute Gasteiger partial charge is 0.203 e. The van der Waals surface area contributed by atoms with Gasteiger partial charge in [0.1, 0.15) is 5.69 Å². The molecule has 0 fully saturated rings. The van der Waals surface area contributed by atoms with Crippen LogP contribution in [-0.2, 0) is 5.41 Å². The van der Waals surface area contributed by atoms with E-state index >= 15 is 0 Å². The number of rotatable bonds is 1. The van der Waals surface area contributed by atoms with Gasteiger partial charge in [-0.2, -0.15) is 0 Å². The third kappa shape index (κ3) is 2.35. The zero-order valence-electron chi connectivity index (χ0n) is 14.5. The Hall–Kier alpha value is -2.94. The monoisotopic (exact) mass is 329 g/mol. The maximum atomic E-state index is 12.6. The van der Waals surface area contributed by atoms with Gasteiger partial charge >= 0.3 is 0 Å². The first-order valence-corrected chi connectivity index (χ1v) is 8.39. The van der Waals surface area contributed by atoms with E-state index in [1.807, 2.05) is 41.0 Å². The van der Waals surface area contributed by atoms with E-state index in [1.54, 1.807) is 0 Å². The third-order valence-electron chi connectivity index (χ3n) is 4.73. The first-order chi connectivity index (χ1) is 11.9. The number of nitrogens with zero attached hydrogens (tertiary/aromatic N) is 1. The van der Waals surface area contributed by atoms with E-state index in [-0.39, 0.29) is 17.0 Å². The van der Waals surface area contributed by atoms with Gasteiger partial charge in [-0.15, -0.1) is 0 Å². The van der Waals surface area contributed by atoms with E-state index < -0.39 is 0 Å². The van der Waals surface area contributed by atoms with Gasteiger partial charge in [0.05, 0.1) is 11.1 Å². The molecule has 0 radical (unpaired) electrons. The zero-order chi connectivity index (χ0) is 17.8. The van der Waals surface area contributed by atoms with Crippen molar-refractivity contribution >= 4 is 22.5 Å². The molecule has 0 aliphatic heterocycles. The lowest BCUT2D eigenvalue weighted by Gasteiger charge is -2.20. The average Bonchev–Trinajstić information content (AvgIpc) is 2.94. The Morgan fingerprint density at radius 1 is 0.800 bits per heavy atom. The number of aromatic nitrogens is 1. The number of fused-ring (bicyclic) bond motifs is 3. The molecule has 25 heavy (non-hydrogen) atoms. The third-order valence-corrected chi connectivity index (χ3v) is 4.73. The van der Waals surface area contributed by atoms with E-state index in [1.165, 1.54) is 17.7 Å². The number of hydrogen-bond donors (Lipinski definition) is 0. The summed E-state index contributed by atoms with van der Waals surface area (Å²) in [6.45, 7) is 6.51. The molecule has 0 saturated carbocycles. The fraction of sp³-hybridized carbons (Fsp3) is 0.182. The molecule has 3 aromatic rings. The molecule has 0 bridgehead atoms. The van der Waals surface area contributed by atoms with Crippen LogP contribution in [0.25, 0.3) is 16.6 Å². The molecule has 3 heteroatoms. The predicted molar refractivity (Wildman–Crippen MR) is 99.8 cm³/mol. The molecule has 2 aromatic carbocycles. The number of allylic oxidation sites excluding steroid dienone is 2. The van der Waals surface area contributed by atoms with Crippen molar-refractivity contribution in [2.75, 3.05) is 0 Å². The maximum Gasteiger partial charge on any atom is 0.203 e. The minimum absolute atomic E-state index is 0.0608. The Kier molecular flexibility index (Phi) is 3.29. The van der Waals surface area contributed by atoms with Gasteiger partial charge in [-0.3, -0.25) is 9.59 Å². The second kappa shape index (κ2) is 5.28. The first kappa shape index (κ1) is 15.6. The van der Waals surface area contributed by atoms with Crippen LogP contribution < -0.4 is 0 Å². The quantitative estimate of drug-likeness (QED) is 0.639. The number of benzene rings is 2. The topological polar surface area (TPSA) is 39.1 Å². The Balaban J connectivity index is 2.02. The lowest BCUT2D eigenvalue weighted by Crippen LogP contribution is -2.15. The van der Waals surface area contributed by atoms with Crippen LogP contribution in [0.4, 0.5) is 0 Å².